The molecule has 0 aromatic carbocycles. The number of methoxy groups -OCH3 is 1. The molecular weight excluding hydrogens is 192 g/mol. The van der Waals surface area contributed by atoms with E-state index in [1.165, 1.54) is 7.11 Å². The van der Waals surface area contributed by atoms with Crippen molar-refractivity contribution in [3.05, 3.63) is 0 Å². The fourth-order valence-corrected chi connectivity index (χ4v) is 2.75. The first kappa shape index (κ1) is 9.28. The third-order valence-electron chi connectivity index (χ3n) is 3.44. The molecule has 0 N–H and O–H groups in total. The summed E-state index contributed by atoms with van der Waals surface area (Å²) >= 11 is 6.04. The zero-order chi connectivity index (χ0) is 9.91. The van der Waals surface area contributed by atoms with Crippen molar-refractivity contribution in [1.29, 1.82) is 0 Å². The molecular formula is C9H13ClO3. The number of alkyl halides is 1. The molecule has 1 saturated carbocycles. The lowest BCUT2D eigenvalue weighted by atomic mass is 9.60. The number of carbonyl (C=O) groups excluding carboxylic acids is 1. The molecule has 1 aliphatic carbocycles. The van der Waals surface area contributed by atoms with Gasteiger partial charge in [0.2, 0.25) is 0 Å². The van der Waals surface area contributed by atoms with Crippen molar-refractivity contribution >= 4 is 17.6 Å². The molecule has 3 nitrogen and oxygen atoms in total. The minimum Gasteiger partial charge on any atom is -0.466 e. The zero-order valence-electron chi connectivity index (χ0n) is 8.02. The van der Waals surface area contributed by atoms with E-state index in [1.54, 1.807) is 0 Å². The molecule has 2 atom stereocenters. The molecule has 1 saturated heterocycles. The van der Waals surface area contributed by atoms with Crippen LogP contribution in [0.5, 0.6) is 0 Å². The van der Waals surface area contributed by atoms with Gasteiger partial charge in [0.05, 0.1) is 7.11 Å². The third-order valence-corrected chi connectivity index (χ3v) is 3.97. The van der Waals surface area contributed by atoms with E-state index in [1.807, 2.05) is 0 Å². The number of esters is 1. The lowest BCUT2D eigenvalue weighted by molar-refractivity contribution is -0.144. The number of epoxide rings is 1. The van der Waals surface area contributed by atoms with E-state index < -0.39 is 16.6 Å². The van der Waals surface area contributed by atoms with Gasteiger partial charge >= 0.3 is 5.97 Å². The van der Waals surface area contributed by atoms with Gasteiger partial charge in [0.25, 0.3) is 5.06 Å². The Morgan fingerprint density at radius 1 is 1.46 bits per heavy atom. The van der Waals surface area contributed by atoms with Gasteiger partial charge in [-0.3, -0.25) is 0 Å². The summed E-state index contributed by atoms with van der Waals surface area (Å²) in [7, 11) is 1.33. The average molecular weight is 205 g/mol. The number of hydrogen-bond donors (Lipinski definition) is 0. The molecule has 0 radical (unpaired) electrons. The Kier molecular flexibility index (Phi) is 1.57. The summed E-state index contributed by atoms with van der Waals surface area (Å²) in [4.78, 5) is 11.3. The van der Waals surface area contributed by atoms with E-state index in [0.29, 0.717) is 0 Å². The Labute approximate surface area is 82.3 Å². The van der Waals surface area contributed by atoms with Crippen LogP contribution in [0.4, 0.5) is 0 Å². The molecule has 0 bridgehead atoms. The van der Waals surface area contributed by atoms with Crippen LogP contribution in [0.15, 0.2) is 0 Å². The molecule has 74 valence electrons. The van der Waals surface area contributed by atoms with Crippen LogP contribution >= 0.6 is 11.6 Å². The minimum atomic E-state index is -1.20. The van der Waals surface area contributed by atoms with Crippen LogP contribution in [-0.4, -0.2) is 23.7 Å². The summed E-state index contributed by atoms with van der Waals surface area (Å²) in [6, 6.07) is 0. The van der Waals surface area contributed by atoms with Gasteiger partial charge in [-0.2, -0.15) is 0 Å². The van der Waals surface area contributed by atoms with Crippen molar-refractivity contribution < 1.29 is 14.3 Å². The first-order valence-electron chi connectivity index (χ1n) is 4.37. The predicted molar refractivity (Wildman–Crippen MR) is 47.4 cm³/mol. The highest BCUT2D eigenvalue weighted by Crippen LogP contribution is 2.71. The van der Waals surface area contributed by atoms with Gasteiger partial charge in [0, 0.05) is 0 Å². The molecule has 0 amide bonds. The number of carbonyl (C=O) groups is 1. The SMILES string of the molecule is COC(=O)C1(Cl)OC12CCC2(C)C. The second kappa shape index (κ2) is 2.20. The normalized spacial score (nSPS) is 45.5. The summed E-state index contributed by atoms with van der Waals surface area (Å²) in [5.41, 5.74) is -0.475. The van der Waals surface area contributed by atoms with Gasteiger partial charge in [-0.05, 0) is 18.3 Å². The summed E-state index contributed by atoms with van der Waals surface area (Å²) in [5.74, 6) is -0.470. The van der Waals surface area contributed by atoms with Crippen LogP contribution in [0.2, 0.25) is 0 Å². The molecule has 2 rings (SSSR count). The maximum absolute atomic E-state index is 11.3. The van der Waals surface area contributed by atoms with Crippen LogP contribution in [0, 0.1) is 5.41 Å². The number of hydrogen-bond acceptors (Lipinski definition) is 3. The molecule has 0 aromatic rings. The topological polar surface area (TPSA) is 38.8 Å². The lowest BCUT2D eigenvalue weighted by Gasteiger charge is -2.43. The Bertz CT molecular complexity index is 276. The second-order valence-electron chi connectivity index (χ2n) is 4.40. The summed E-state index contributed by atoms with van der Waals surface area (Å²) in [5, 5.41) is -1.20. The van der Waals surface area contributed by atoms with Gasteiger partial charge in [-0.15, -0.1) is 0 Å². The molecule has 1 heterocycles. The standard InChI is InChI=1S/C9H13ClO3/c1-7(2)4-5-8(7)9(10,13-8)6(11)12-3/h4-5H2,1-3H3. The van der Waals surface area contributed by atoms with Gasteiger partial charge in [0.1, 0.15) is 5.60 Å². The maximum Gasteiger partial charge on any atom is 0.357 e. The fourth-order valence-electron chi connectivity index (χ4n) is 2.19. The van der Waals surface area contributed by atoms with Crippen molar-refractivity contribution in [2.75, 3.05) is 7.11 Å². The van der Waals surface area contributed by atoms with Crippen molar-refractivity contribution in [2.45, 2.75) is 37.4 Å². The molecule has 13 heavy (non-hydrogen) atoms. The Morgan fingerprint density at radius 3 is 2.31 bits per heavy atom. The zero-order valence-corrected chi connectivity index (χ0v) is 8.77. The van der Waals surface area contributed by atoms with E-state index in [2.05, 4.69) is 18.6 Å². The van der Waals surface area contributed by atoms with Crippen LogP contribution in [-0.2, 0) is 14.3 Å². The molecule has 2 fully saturated rings. The first-order chi connectivity index (χ1) is 5.90. The van der Waals surface area contributed by atoms with Crippen LogP contribution in [0.25, 0.3) is 0 Å². The molecule has 1 aliphatic heterocycles. The van der Waals surface area contributed by atoms with E-state index >= 15 is 0 Å². The summed E-state index contributed by atoms with van der Waals surface area (Å²) in [6.45, 7) is 4.12. The summed E-state index contributed by atoms with van der Waals surface area (Å²) in [6.07, 6.45) is 1.89. The van der Waals surface area contributed by atoms with Gasteiger partial charge < -0.3 is 9.47 Å². The largest absolute Gasteiger partial charge is 0.466 e. The molecule has 2 aliphatic rings. The van der Waals surface area contributed by atoms with Crippen LogP contribution in [0.3, 0.4) is 0 Å². The van der Waals surface area contributed by atoms with Gasteiger partial charge in [-0.1, -0.05) is 25.4 Å². The molecule has 0 aromatic heterocycles. The quantitative estimate of drug-likeness (QED) is 0.371. The van der Waals surface area contributed by atoms with Gasteiger partial charge in [0.15, 0.2) is 0 Å². The molecule has 1 spiro atoms. The number of rotatable bonds is 1. The van der Waals surface area contributed by atoms with E-state index in [0.717, 1.165) is 12.8 Å². The van der Waals surface area contributed by atoms with Crippen LogP contribution < -0.4 is 0 Å². The van der Waals surface area contributed by atoms with E-state index in [4.69, 9.17) is 16.3 Å². The average Bonchev–Trinajstić information content (AvgIpc) is 2.74. The van der Waals surface area contributed by atoms with Crippen LogP contribution in [0.1, 0.15) is 26.7 Å². The smallest absolute Gasteiger partial charge is 0.357 e. The molecule has 2 unspecified atom stereocenters. The number of halogens is 1. The number of ether oxygens (including phenoxy) is 2. The lowest BCUT2D eigenvalue weighted by Crippen LogP contribution is -2.49. The highest BCUT2D eigenvalue weighted by molar-refractivity contribution is 6.36. The second-order valence-corrected chi connectivity index (χ2v) is 4.93. The third kappa shape index (κ3) is 0.821. The van der Waals surface area contributed by atoms with Crippen molar-refractivity contribution in [2.24, 2.45) is 5.41 Å². The highest BCUT2D eigenvalue weighted by Gasteiger charge is 2.84. The summed E-state index contributed by atoms with van der Waals surface area (Å²) < 4.78 is 9.99. The monoisotopic (exact) mass is 204 g/mol. The Morgan fingerprint density at radius 2 is 2.08 bits per heavy atom. The Hall–Kier alpha value is -0.280. The van der Waals surface area contributed by atoms with Crippen molar-refractivity contribution in [3.63, 3.8) is 0 Å². The Balaban J connectivity index is 2.21. The highest BCUT2D eigenvalue weighted by atomic mass is 35.5. The van der Waals surface area contributed by atoms with E-state index in [-0.39, 0.29) is 5.41 Å². The molecule has 4 heteroatoms. The van der Waals surface area contributed by atoms with Crippen molar-refractivity contribution in [3.8, 4) is 0 Å². The van der Waals surface area contributed by atoms with Gasteiger partial charge in [-0.25, -0.2) is 4.79 Å². The van der Waals surface area contributed by atoms with Crippen molar-refractivity contribution in [1.82, 2.24) is 0 Å². The fraction of sp³-hybridized carbons (Fsp3) is 0.889. The predicted octanol–water partition coefficient (Wildman–Crippen LogP) is 1.68. The minimum absolute atomic E-state index is 0.0110. The maximum atomic E-state index is 11.3. The first-order valence-corrected chi connectivity index (χ1v) is 4.75. The van der Waals surface area contributed by atoms with E-state index in [9.17, 15) is 4.79 Å².